The van der Waals surface area contributed by atoms with Crippen LogP contribution in [0.1, 0.15) is 5.56 Å². The number of carbonyl (C=O) groups excluding carboxylic acids is 1. The van der Waals surface area contributed by atoms with Crippen LogP contribution in [0.5, 0.6) is 0 Å². The van der Waals surface area contributed by atoms with Gasteiger partial charge in [0.05, 0.1) is 12.7 Å². The molecule has 0 bridgehead atoms. The number of hydrogen-bond acceptors (Lipinski definition) is 2. The average molecular weight is 288 g/mol. The Balaban J connectivity index is 2.95. The number of methoxy groups -OCH3 is 1. The maximum Gasteiger partial charge on any atom is 0.337 e. The monoisotopic (exact) mass is 288 g/mol. The molecule has 0 unspecified atom stereocenters. The first kappa shape index (κ1) is 10.2. The largest absolute Gasteiger partial charge is 0.465 e. The van der Waals surface area contributed by atoms with Gasteiger partial charge in [-0.05, 0) is 40.3 Å². The third-order valence-electron chi connectivity index (χ3n) is 1.60. The summed E-state index contributed by atoms with van der Waals surface area (Å²) in [5.41, 5.74) is 1.19. The van der Waals surface area contributed by atoms with Gasteiger partial charge >= 0.3 is 5.97 Å². The number of ether oxygens (including phenoxy) is 1. The van der Waals surface area contributed by atoms with Crippen molar-refractivity contribution in [2.24, 2.45) is 0 Å². The first-order chi connectivity index (χ1) is 6.15. The molecule has 1 rings (SSSR count). The van der Waals surface area contributed by atoms with E-state index in [1.165, 1.54) is 7.11 Å². The maximum atomic E-state index is 11.1. The zero-order valence-electron chi connectivity index (χ0n) is 7.21. The molecule has 0 heterocycles. The zero-order chi connectivity index (χ0) is 9.84. The van der Waals surface area contributed by atoms with Crippen molar-refractivity contribution in [3.8, 4) is 0 Å². The first-order valence-corrected chi connectivity index (χ1v) is 4.76. The van der Waals surface area contributed by atoms with Gasteiger partial charge in [-0.3, -0.25) is 0 Å². The van der Waals surface area contributed by atoms with E-state index in [0.717, 1.165) is 9.13 Å². The second kappa shape index (κ2) is 4.41. The minimum Gasteiger partial charge on any atom is -0.465 e. The van der Waals surface area contributed by atoms with Crippen LogP contribution >= 0.6 is 22.6 Å². The molecule has 0 aliphatic rings. The van der Waals surface area contributed by atoms with Crippen LogP contribution < -0.4 is 0 Å². The lowest BCUT2D eigenvalue weighted by Crippen LogP contribution is -2.02. The highest BCUT2D eigenvalue weighted by molar-refractivity contribution is 14.1. The lowest BCUT2D eigenvalue weighted by molar-refractivity contribution is -0.133. The predicted molar refractivity (Wildman–Crippen MR) is 60.2 cm³/mol. The van der Waals surface area contributed by atoms with Gasteiger partial charge in [-0.1, -0.05) is 18.7 Å². The zero-order valence-corrected chi connectivity index (χ0v) is 9.37. The number of carbonyl (C=O) groups is 1. The second-order valence-corrected chi connectivity index (χ2v) is 3.73. The predicted octanol–water partition coefficient (Wildman–Crippen LogP) is 2.48. The molecule has 13 heavy (non-hydrogen) atoms. The molecule has 3 heteroatoms. The number of hydrogen-bond donors (Lipinski definition) is 0. The van der Waals surface area contributed by atoms with Crippen molar-refractivity contribution in [2.75, 3.05) is 7.11 Å². The van der Waals surface area contributed by atoms with Crippen LogP contribution in [0.3, 0.4) is 0 Å². The fourth-order valence-corrected chi connectivity index (χ4v) is 1.46. The van der Waals surface area contributed by atoms with Crippen molar-refractivity contribution < 1.29 is 9.53 Å². The van der Waals surface area contributed by atoms with Crippen molar-refractivity contribution in [3.05, 3.63) is 40.0 Å². The minimum atomic E-state index is -0.387. The van der Waals surface area contributed by atoms with E-state index in [1.807, 2.05) is 24.3 Å². The van der Waals surface area contributed by atoms with Gasteiger partial charge in [-0.25, -0.2) is 4.79 Å². The molecule has 0 amide bonds. The molecule has 68 valence electrons. The summed E-state index contributed by atoms with van der Waals surface area (Å²) in [6.45, 7) is 3.66. The number of halogens is 1. The Hall–Kier alpha value is -0.840. The van der Waals surface area contributed by atoms with E-state index in [9.17, 15) is 4.79 Å². The van der Waals surface area contributed by atoms with Gasteiger partial charge in [0.25, 0.3) is 0 Å². The van der Waals surface area contributed by atoms with Crippen LogP contribution in [0.25, 0.3) is 5.57 Å². The second-order valence-electron chi connectivity index (χ2n) is 2.48. The third-order valence-corrected chi connectivity index (χ3v) is 2.28. The Kier molecular flexibility index (Phi) is 3.48. The summed E-state index contributed by atoms with van der Waals surface area (Å²) in [5.74, 6) is -0.387. The topological polar surface area (TPSA) is 26.3 Å². The van der Waals surface area contributed by atoms with Crippen molar-refractivity contribution in [3.63, 3.8) is 0 Å². The molecular weight excluding hydrogens is 279 g/mol. The Labute approximate surface area is 90.7 Å². The van der Waals surface area contributed by atoms with Crippen molar-refractivity contribution in [1.82, 2.24) is 0 Å². The molecule has 0 aliphatic heterocycles. The van der Waals surface area contributed by atoms with E-state index < -0.39 is 0 Å². The molecule has 0 fully saturated rings. The van der Waals surface area contributed by atoms with Crippen LogP contribution in [-0.4, -0.2) is 13.1 Å². The molecule has 0 aromatic heterocycles. The highest BCUT2D eigenvalue weighted by Crippen LogP contribution is 2.16. The van der Waals surface area contributed by atoms with Crippen LogP contribution in [0.15, 0.2) is 30.8 Å². The van der Waals surface area contributed by atoms with Gasteiger partial charge in [0.1, 0.15) is 0 Å². The van der Waals surface area contributed by atoms with Gasteiger partial charge in [0.2, 0.25) is 0 Å². The molecule has 0 atom stereocenters. The van der Waals surface area contributed by atoms with E-state index in [1.54, 1.807) is 0 Å². The fourth-order valence-electron chi connectivity index (χ4n) is 0.917. The van der Waals surface area contributed by atoms with Crippen LogP contribution in [0.2, 0.25) is 0 Å². The quantitative estimate of drug-likeness (QED) is 0.475. The molecule has 0 aliphatic carbocycles. The Morgan fingerprint density at radius 1 is 1.54 bits per heavy atom. The highest BCUT2D eigenvalue weighted by atomic mass is 127. The van der Waals surface area contributed by atoms with Crippen molar-refractivity contribution in [1.29, 1.82) is 0 Å². The molecule has 0 radical (unpaired) electrons. The van der Waals surface area contributed by atoms with Crippen molar-refractivity contribution in [2.45, 2.75) is 0 Å². The van der Waals surface area contributed by atoms with Gasteiger partial charge in [0.15, 0.2) is 0 Å². The maximum absolute atomic E-state index is 11.1. The fraction of sp³-hybridized carbons (Fsp3) is 0.100. The third kappa shape index (κ3) is 2.55. The molecule has 0 spiro atoms. The lowest BCUT2D eigenvalue weighted by Gasteiger charge is -2.03. The summed E-state index contributed by atoms with van der Waals surface area (Å²) in [7, 11) is 1.35. The van der Waals surface area contributed by atoms with E-state index in [2.05, 4.69) is 33.9 Å². The Bertz CT molecular complexity index is 345. The highest BCUT2D eigenvalue weighted by Gasteiger charge is 2.08. The van der Waals surface area contributed by atoms with Crippen molar-refractivity contribution >= 4 is 34.1 Å². The van der Waals surface area contributed by atoms with E-state index in [4.69, 9.17) is 0 Å². The average Bonchev–Trinajstić information content (AvgIpc) is 2.15. The Morgan fingerprint density at radius 2 is 2.23 bits per heavy atom. The SMILES string of the molecule is C=C(C(=O)OC)c1cccc(I)c1. The van der Waals surface area contributed by atoms with E-state index in [-0.39, 0.29) is 5.97 Å². The first-order valence-electron chi connectivity index (χ1n) is 3.68. The molecular formula is C10H9IO2. The van der Waals surface area contributed by atoms with Gasteiger partial charge in [0, 0.05) is 3.57 Å². The van der Waals surface area contributed by atoms with E-state index in [0.29, 0.717) is 5.57 Å². The summed E-state index contributed by atoms with van der Waals surface area (Å²) in [4.78, 5) is 11.1. The normalized spacial score (nSPS) is 9.38. The molecule has 1 aromatic rings. The van der Waals surface area contributed by atoms with E-state index >= 15 is 0 Å². The van der Waals surface area contributed by atoms with Crippen LogP contribution in [0, 0.1) is 3.57 Å². The van der Waals surface area contributed by atoms with Crippen LogP contribution in [-0.2, 0) is 9.53 Å². The smallest absolute Gasteiger partial charge is 0.337 e. The standard InChI is InChI=1S/C10H9IO2/c1-7(10(12)13-2)8-4-3-5-9(11)6-8/h3-6H,1H2,2H3. The summed E-state index contributed by atoms with van der Waals surface area (Å²) in [6.07, 6.45) is 0. The van der Waals surface area contributed by atoms with Gasteiger partial charge in [-0.2, -0.15) is 0 Å². The lowest BCUT2D eigenvalue weighted by atomic mass is 10.1. The molecule has 0 saturated carbocycles. The number of benzene rings is 1. The summed E-state index contributed by atoms with van der Waals surface area (Å²) in [5, 5.41) is 0. The summed E-state index contributed by atoms with van der Waals surface area (Å²) in [6, 6.07) is 7.56. The Morgan fingerprint density at radius 3 is 2.77 bits per heavy atom. The molecule has 1 aromatic carbocycles. The van der Waals surface area contributed by atoms with Crippen LogP contribution in [0.4, 0.5) is 0 Å². The number of esters is 1. The van der Waals surface area contributed by atoms with Gasteiger partial charge < -0.3 is 4.74 Å². The molecule has 2 nitrogen and oxygen atoms in total. The molecule has 0 N–H and O–H groups in total. The summed E-state index contributed by atoms with van der Waals surface area (Å²) >= 11 is 2.18. The number of rotatable bonds is 2. The minimum absolute atomic E-state index is 0.387. The summed E-state index contributed by atoms with van der Waals surface area (Å²) < 4.78 is 5.63. The van der Waals surface area contributed by atoms with Gasteiger partial charge in [-0.15, -0.1) is 0 Å². The molecule has 0 saturated heterocycles.